The Morgan fingerprint density at radius 1 is 1.05 bits per heavy atom. The molecule has 24 nitrogen and oxygen atoms in total. The van der Waals surface area contributed by atoms with Crippen LogP contribution in [0.5, 0.6) is 0 Å². The van der Waals surface area contributed by atoms with E-state index in [0.717, 1.165) is 29.0 Å². The summed E-state index contributed by atoms with van der Waals surface area (Å²) in [5.74, 6) is -1.37. The molecule has 0 aromatic carbocycles. The summed E-state index contributed by atoms with van der Waals surface area (Å²) in [6, 6.07) is 0. The lowest BCUT2D eigenvalue weighted by molar-refractivity contribution is -0.137. The fourth-order valence-electron chi connectivity index (χ4n) is 4.52. The number of thioether (sulfide) groups is 1. The topological polar surface area (TPSA) is 364 Å². The number of fused-ring (bicyclic) bond motifs is 1. The third-order valence-electron chi connectivity index (χ3n) is 7.62. The fourth-order valence-corrected chi connectivity index (χ4v) is 8.19. The van der Waals surface area contributed by atoms with Gasteiger partial charge in [0.15, 0.2) is 22.8 Å². The van der Waals surface area contributed by atoms with Crippen molar-refractivity contribution in [3.8, 4) is 0 Å². The first-order valence-electron chi connectivity index (χ1n) is 15.9. The Morgan fingerprint density at radius 2 is 1.71 bits per heavy atom. The monoisotopic (exact) mass is 868 g/mol. The highest BCUT2D eigenvalue weighted by atomic mass is 32.2. The number of phosphoric ester groups is 3. The Hall–Kier alpha value is -2.51. The van der Waals surface area contributed by atoms with Crippen LogP contribution in [0.15, 0.2) is 12.7 Å². The van der Waals surface area contributed by atoms with Crippen LogP contribution in [-0.4, -0.2) is 129 Å². The molecule has 0 saturated carbocycles. The molecule has 1 fully saturated rings. The number of carbonyl (C=O) groups excluding carboxylic acids is 3. The first-order valence-corrected chi connectivity index (χ1v) is 21.4. The number of amides is 2. The third kappa shape index (κ3) is 13.5. The Morgan fingerprint density at radius 3 is 2.35 bits per heavy atom. The average Bonchev–Trinajstić information content (AvgIpc) is 3.64. The van der Waals surface area contributed by atoms with E-state index < -0.39 is 96.6 Å². The molecular formula is C26H43FN7O17P3S. The number of nitrogens with one attached hydrogen (secondary N) is 2. The maximum atomic E-state index is 12.9. The molecule has 0 spiro atoms. The van der Waals surface area contributed by atoms with Gasteiger partial charge in [-0.25, -0.2) is 33.0 Å². The number of anilines is 1. The number of aliphatic hydroxyl groups is 2. The van der Waals surface area contributed by atoms with E-state index in [1.165, 1.54) is 27.7 Å². The van der Waals surface area contributed by atoms with Crippen molar-refractivity contribution in [3.05, 3.63) is 12.7 Å². The molecule has 0 radical (unpaired) electrons. The Kier molecular flexibility index (Phi) is 16.0. The molecule has 7 unspecified atom stereocenters. The van der Waals surface area contributed by atoms with Crippen molar-refractivity contribution < 1.29 is 84.9 Å². The van der Waals surface area contributed by atoms with Crippen molar-refractivity contribution in [2.45, 2.75) is 64.8 Å². The molecule has 2 amide bonds. The van der Waals surface area contributed by atoms with Crippen LogP contribution in [0.3, 0.4) is 0 Å². The van der Waals surface area contributed by atoms with Crippen molar-refractivity contribution in [1.82, 2.24) is 30.2 Å². The minimum atomic E-state index is -5.58. The SMILES string of the molecule is CC(C)(C[18F])C(=O)SCCNC(=O)CCNC(=O)C(O)C(C)(C)COP(=O)(O)OP(=O)(O)OCC1OC(n2cnc3c(N)ncnc32)C(O)C1OP(=O)(O)O. The zero-order valence-corrected chi connectivity index (χ0v) is 33.2. The van der Waals surface area contributed by atoms with E-state index in [1.54, 1.807) is 0 Å². The summed E-state index contributed by atoms with van der Waals surface area (Å²) >= 11 is 0.862. The average molecular weight is 869 g/mol. The van der Waals surface area contributed by atoms with Crippen molar-refractivity contribution in [1.29, 1.82) is 0 Å². The summed E-state index contributed by atoms with van der Waals surface area (Å²) in [6.45, 7) is 2.34. The summed E-state index contributed by atoms with van der Waals surface area (Å²) in [5.41, 5.74) is 3.07. The van der Waals surface area contributed by atoms with Crippen molar-refractivity contribution in [2.75, 3.05) is 44.5 Å². The summed E-state index contributed by atoms with van der Waals surface area (Å²) in [4.78, 5) is 87.3. The molecule has 1 saturated heterocycles. The number of nitrogen functional groups attached to an aromatic ring is 1. The van der Waals surface area contributed by atoms with Gasteiger partial charge in [-0.05, 0) is 13.8 Å². The molecule has 312 valence electrons. The van der Waals surface area contributed by atoms with Gasteiger partial charge in [0, 0.05) is 30.7 Å². The summed E-state index contributed by atoms with van der Waals surface area (Å²) in [6.07, 6.45) is -7.05. The number of aromatic nitrogens is 4. The molecule has 29 heteroatoms. The number of phosphoric acid groups is 3. The zero-order valence-electron chi connectivity index (χ0n) is 29.7. The standard InChI is InChI=1S/C26H43FN7O17P3S/c1-25(2,10-27)24(39)55-8-7-29-15(35)5-6-30-22(38)19(37)26(3,4)11-48-54(45,46)51-53(43,44)47-9-14-18(50-52(40,41)42)17(36)23(49-14)34-13-33-16-20(28)31-12-32-21(16)34/h12-14,17-19,23,36-37H,5-11H2,1-4H3,(H,29,35)(H,30,38)(H,43,44)(H,45,46)(H2,28,31,32)(H2,40,41,42)/i27-1. The lowest BCUT2D eigenvalue weighted by Crippen LogP contribution is -2.46. The molecule has 7 atom stereocenters. The van der Waals surface area contributed by atoms with Crippen molar-refractivity contribution in [2.24, 2.45) is 10.8 Å². The second kappa shape index (κ2) is 18.8. The quantitative estimate of drug-likeness (QED) is 0.0572. The number of carbonyl (C=O) groups is 3. The summed E-state index contributed by atoms with van der Waals surface area (Å²) in [5, 5.41) is 25.8. The van der Waals surface area contributed by atoms with E-state index in [4.69, 9.17) is 19.5 Å². The van der Waals surface area contributed by atoms with E-state index in [1.807, 2.05) is 0 Å². The van der Waals surface area contributed by atoms with E-state index >= 15 is 0 Å². The molecule has 3 rings (SSSR count). The van der Waals surface area contributed by atoms with Gasteiger partial charge in [0.25, 0.3) is 0 Å². The molecule has 0 bridgehead atoms. The van der Waals surface area contributed by atoms with E-state index in [2.05, 4.69) is 34.4 Å². The number of halogens is 1. The number of nitrogens with two attached hydrogens (primary N) is 1. The van der Waals surface area contributed by atoms with Crippen LogP contribution < -0.4 is 16.4 Å². The van der Waals surface area contributed by atoms with E-state index in [9.17, 15) is 62.3 Å². The van der Waals surface area contributed by atoms with Gasteiger partial charge in [-0.3, -0.25) is 32.5 Å². The van der Waals surface area contributed by atoms with Crippen LogP contribution in [0.4, 0.5) is 10.2 Å². The largest absolute Gasteiger partial charge is 0.481 e. The van der Waals surface area contributed by atoms with Gasteiger partial charge in [-0.15, -0.1) is 0 Å². The minimum Gasteiger partial charge on any atom is -0.386 e. The van der Waals surface area contributed by atoms with Crippen LogP contribution in [0, 0.1) is 10.8 Å². The smallest absolute Gasteiger partial charge is 0.386 e. The molecule has 55 heavy (non-hydrogen) atoms. The van der Waals surface area contributed by atoms with Crippen LogP contribution >= 0.6 is 35.2 Å². The van der Waals surface area contributed by atoms with Crippen LogP contribution in [0.25, 0.3) is 11.2 Å². The lowest BCUT2D eigenvalue weighted by atomic mass is 9.87. The van der Waals surface area contributed by atoms with Gasteiger partial charge in [0.1, 0.15) is 42.9 Å². The number of hydrogen-bond acceptors (Lipinski definition) is 18. The summed E-state index contributed by atoms with van der Waals surface area (Å²) < 4.78 is 74.8. The molecular weight excluding hydrogens is 825 g/mol. The highest BCUT2D eigenvalue weighted by Gasteiger charge is 2.50. The van der Waals surface area contributed by atoms with Gasteiger partial charge >= 0.3 is 23.5 Å². The lowest BCUT2D eigenvalue weighted by Gasteiger charge is -2.30. The highest BCUT2D eigenvalue weighted by Crippen LogP contribution is 2.61. The molecule has 1 aliphatic rings. The second-order valence-corrected chi connectivity index (χ2v) is 18.5. The predicted octanol–water partition coefficient (Wildman–Crippen LogP) is -0.340. The number of hydrogen-bond donors (Lipinski definition) is 9. The minimum absolute atomic E-state index is 0.0228. The summed E-state index contributed by atoms with van der Waals surface area (Å²) in [7, 11) is -16.4. The van der Waals surface area contributed by atoms with E-state index in [-0.39, 0.29) is 47.4 Å². The van der Waals surface area contributed by atoms with Gasteiger partial charge in [-0.2, -0.15) is 4.31 Å². The molecule has 3 heterocycles. The van der Waals surface area contributed by atoms with E-state index in [0.29, 0.717) is 0 Å². The van der Waals surface area contributed by atoms with Crippen LogP contribution in [0.1, 0.15) is 40.3 Å². The Balaban J connectivity index is 1.50. The third-order valence-corrected chi connectivity index (χ3v) is 11.9. The Labute approximate surface area is 316 Å². The first kappa shape index (κ1) is 46.9. The number of rotatable bonds is 21. The van der Waals surface area contributed by atoms with Crippen LogP contribution in [0.2, 0.25) is 0 Å². The zero-order chi connectivity index (χ0) is 41.6. The number of nitrogens with zero attached hydrogens (tertiary/aromatic N) is 4. The van der Waals surface area contributed by atoms with Gasteiger partial charge in [0.2, 0.25) is 11.8 Å². The highest BCUT2D eigenvalue weighted by molar-refractivity contribution is 8.13. The predicted molar refractivity (Wildman–Crippen MR) is 187 cm³/mol. The molecule has 1 aliphatic heterocycles. The fraction of sp³-hybridized carbons (Fsp3) is 0.692. The van der Waals surface area contributed by atoms with Crippen LogP contribution in [-0.2, 0) is 50.7 Å². The second-order valence-electron chi connectivity index (χ2n) is 13.2. The number of alkyl halides is 1. The maximum Gasteiger partial charge on any atom is 0.481 e. The normalized spacial score (nSPS) is 22.2. The number of imidazole rings is 1. The molecule has 0 aliphatic carbocycles. The first-order chi connectivity index (χ1) is 25.3. The molecule has 10 N–H and O–H groups in total. The number of ether oxygens (including phenoxy) is 1. The Bertz CT molecular complexity index is 1830. The van der Waals surface area contributed by atoms with Crippen molar-refractivity contribution >= 4 is 69.1 Å². The van der Waals surface area contributed by atoms with Crippen molar-refractivity contribution in [3.63, 3.8) is 0 Å². The molecule has 2 aromatic heterocycles. The van der Waals surface area contributed by atoms with Gasteiger partial charge in [0.05, 0.1) is 25.0 Å². The molecule has 2 aromatic rings. The maximum absolute atomic E-state index is 12.9. The van der Waals surface area contributed by atoms with Gasteiger partial charge in [-0.1, -0.05) is 25.6 Å². The van der Waals surface area contributed by atoms with Gasteiger partial charge < -0.3 is 50.9 Å². The number of aliphatic hydroxyl groups excluding tert-OH is 2.